The predicted molar refractivity (Wildman–Crippen MR) is 118 cm³/mol. The van der Waals surface area contributed by atoms with Crippen LogP contribution in [0.5, 0.6) is 0 Å². The summed E-state index contributed by atoms with van der Waals surface area (Å²) in [6, 6.07) is 6.52. The second kappa shape index (κ2) is 8.34. The average molecular weight is 457 g/mol. The van der Waals surface area contributed by atoms with Crippen molar-refractivity contribution in [1.29, 1.82) is 0 Å². The number of amides is 3. The SMILES string of the molecule is CCOC(=O)Cc1csc(NC(=O)C23CCC(=O)N2c2ccccc2C(=O)N3C(C)C)n1. The first kappa shape index (κ1) is 21.9. The molecule has 168 valence electrons. The van der Waals surface area contributed by atoms with Crippen LogP contribution in [0.2, 0.25) is 0 Å². The molecule has 3 heterocycles. The maximum absolute atomic E-state index is 13.7. The van der Waals surface area contributed by atoms with Crippen LogP contribution in [0.4, 0.5) is 10.8 Å². The molecule has 10 heteroatoms. The van der Waals surface area contributed by atoms with Gasteiger partial charge in [-0.3, -0.25) is 29.4 Å². The number of carbonyl (C=O) groups excluding carboxylic acids is 4. The fraction of sp³-hybridized carbons (Fsp3) is 0.409. The van der Waals surface area contributed by atoms with Crippen LogP contribution >= 0.6 is 11.3 Å². The van der Waals surface area contributed by atoms with Crippen LogP contribution in [0.25, 0.3) is 0 Å². The van der Waals surface area contributed by atoms with Crippen LogP contribution in [0, 0.1) is 0 Å². The molecular formula is C22H24N4O5S. The molecule has 1 unspecified atom stereocenters. The largest absolute Gasteiger partial charge is 0.466 e. The molecule has 2 aliphatic heterocycles. The van der Waals surface area contributed by atoms with Gasteiger partial charge in [-0.15, -0.1) is 11.3 Å². The van der Waals surface area contributed by atoms with Gasteiger partial charge in [0.2, 0.25) is 11.6 Å². The zero-order chi connectivity index (χ0) is 23.0. The Hall–Kier alpha value is -3.27. The van der Waals surface area contributed by atoms with Gasteiger partial charge in [0.15, 0.2) is 5.13 Å². The summed E-state index contributed by atoms with van der Waals surface area (Å²) in [6.07, 6.45) is 0.321. The molecule has 0 saturated carbocycles. The Balaban J connectivity index is 1.69. The van der Waals surface area contributed by atoms with E-state index in [-0.39, 0.29) is 48.9 Å². The number of hydrogen-bond donors (Lipinski definition) is 1. The maximum Gasteiger partial charge on any atom is 0.311 e. The van der Waals surface area contributed by atoms with E-state index in [1.54, 1.807) is 36.6 Å². The van der Waals surface area contributed by atoms with Gasteiger partial charge in [0, 0.05) is 24.3 Å². The summed E-state index contributed by atoms with van der Waals surface area (Å²) in [7, 11) is 0. The first-order valence-corrected chi connectivity index (χ1v) is 11.3. The average Bonchev–Trinajstić information content (AvgIpc) is 3.33. The number of carbonyl (C=O) groups is 4. The minimum atomic E-state index is -1.48. The summed E-state index contributed by atoms with van der Waals surface area (Å²) in [6.45, 7) is 5.65. The number of para-hydroxylation sites is 1. The zero-order valence-electron chi connectivity index (χ0n) is 18.1. The lowest BCUT2D eigenvalue weighted by molar-refractivity contribution is -0.142. The van der Waals surface area contributed by atoms with E-state index in [4.69, 9.17) is 4.74 Å². The molecule has 1 atom stereocenters. The quantitative estimate of drug-likeness (QED) is 0.669. The summed E-state index contributed by atoms with van der Waals surface area (Å²) in [5, 5.41) is 4.74. The number of fused-ring (bicyclic) bond motifs is 3. The second-order valence-corrected chi connectivity index (χ2v) is 8.77. The standard InChI is InChI=1S/C22H24N4O5S/c1-4-31-18(28)11-14-12-32-21(23-14)24-20(30)22-10-9-17(27)26(22)16-8-6-5-7-15(16)19(29)25(22)13(2)3/h5-8,12-13H,4,9-11H2,1-3H3,(H,23,24,30). The lowest BCUT2D eigenvalue weighted by atomic mass is 9.94. The summed E-state index contributed by atoms with van der Waals surface area (Å²) >= 11 is 1.17. The van der Waals surface area contributed by atoms with Crippen LogP contribution in [-0.4, -0.2) is 51.9 Å². The third-order valence-corrected chi connectivity index (χ3v) is 6.39. The number of aromatic nitrogens is 1. The van der Waals surface area contributed by atoms with E-state index in [2.05, 4.69) is 10.3 Å². The Kier molecular flexibility index (Phi) is 5.72. The zero-order valence-corrected chi connectivity index (χ0v) is 18.9. The van der Waals surface area contributed by atoms with Gasteiger partial charge in [0.25, 0.3) is 11.8 Å². The summed E-state index contributed by atoms with van der Waals surface area (Å²) in [5.41, 5.74) is -0.171. The monoisotopic (exact) mass is 456 g/mol. The third kappa shape index (κ3) is 3.44. The number of ether oxygens (including phenoxy) is 1. The molecule has 2 aromatic rings. The normalized spacial score (nSPS) is 19.8. The Morgan fingerprint density at radius 2 is 2.03 bits per heavy atom. The number of thiazole rings is 1. The first-order valence-electron chi connectivity index (χ1n) is 10.5. The van der Waals surface area contributed by atoms with Crippen LogP contribution in [-0.2, 0) is 25.5 Å². The highest BCUT2D eigenvalue weighted by atomic mass is 32.1. The van der Waals surface area contributed by atoms with E-state index in [0.717, 1.165) is 0 Å². The van der Waals surface area contributed by atoms with E-state index in [1.165, 1.54) is 21.1 Å². The molecule has 9 nitrogen and oxygen atoms in total. The molecule has 0 radical (unpaired) electrons. The van der Waals surface area contributed by atoms with Gasteiger partial charge in [-0.1, -0.05) is 12.1 Å². The second-order valence-electron chi connectivity index (χ2n) is 7.91. The number of hydrogen-bond acceptors (Lipinski definition) is 7. The van der Waals surface area contributed by atoms with Gasteiger partial charge >= 0.3 is 5.97 Å². The number of rotatable bonds is 6. The van der Waals surface area contributed by atoms with E-state index >= 15 is 0 Å². The molecule has 1 fully saturated rings. The van der Waals surface area contributed by atoms with E-state index in [9.17, 15) is 19.2 Å². The molecule has 3 amide bonds. The van der Waals surface area contributed by atoms with Gasteiger partial charge in [-0.25, -0.2) is 4.98 Å². The van der Waals surface area contributed by atoms with Crippen molar-refractivity contribution >= 4 is 45.8 Å². The molecule has 1 aromatic heterocycles. The first-order chi connectivity index (χ1) is 15.3. The summed E-state index contributed by atoms with van der Waals surface area (Å²) in [4.78, 5) is 59.0. The van der Waals surface area contributed by atoms with Crippen molar-refractivity contribution in [2.75, 3.05) is 16.8 Å². The lowest BCUT2D eigenvalue weighted by Crippen LogP contribution is -2.70. The van der Waals surface area contributed by atoms with E-state index in [1.807, 2.05) is 13.8 Å². The molecule has 0 spiro atoms. The van der Waals surface area contributed by atoms with Gasteiger partial charge in [0.1, 0.15) is 0 Å². The van der Waals surface area contributed by atoms with Gasteiger partial charge in [-0.2, -0.15) is 0 Å². The van der Waals surface area contributed by atoms with Gasteiger partial charge in [-0.05, 0) is 32.9 Å². The number of benzene rings is 1. The Bertz CT molecular complexity index is 1100. The van der Waals surface area contributed by atoms with Crippen molar-refractivity contribution in [3.8, 4) is 0 Å². The van der Waals surface area contributed by atoms with Crippen molar-refractivity contribution < 1.29 is 23.9 Å². The minimum Gasteiger partial charge on any atom is -0.466 e. The molecule has 1 aromatic carbocycles. The topological polar surface area (TPSA) is 109 Å². The summed E-state index contributed by atoms with van der Waals surface area (Å²) < 4.78 is 4.93. The van der Waals surface area contributed by atoms with Crippen molar-refractivity contribution in [3.05, 3.63) is 40.9 Å². The molecule has 1 saturated heterocycles. The molecule has 0 bridgehead atoms. The van der Waals surface area contributed by atoms with E-state index in [0.29, 0.717) is 16.9 Å². The molecule has 32 heavy (non-hydrogen) atoms. The van der Waals surface area contributed by atoms with Crippen LogP contribution in [0.15, 0.2) is 29.6 Å². The van der Waals surface area contributed by atoms with Crippen molar-refractivity contribution in [1.82, 2.24) is 9.88 Å². The number of nitrogens with zero attached hydrogens (tertiary/aromatic N) is 3. The Morgan fingerprint density at radius 3 is 2.75 bits per heavy atom. The number of anilines is 2. The van der Waals surface area contributed by atoms with Crippen molar-refractivity contribution in [3.63, 3.8) is 0 Å². The molecule has 2 aliphatic rings. The van der Waals surface area contributed by atoms with E-state index < -0.39 is 17.5 Å². The van der Waals surface area contributed by atoms with Crippen LogP contribution in [0.1, 0.15) is 49.7 Å². The number of esters is 1. The van der Waals surface area contributed by atoms with Crippen LogP contribution in [0.3, 0.4) is 0 Å². The predicted octanol–water partition coefficient (Wildman–Crippen LogP) is 2.57. The van der Waals surface area contributed by atoms with Gasteiger partial charge in [0.05, 0.1) is 30.0 Å². The highest BCUT2D eigenvalue weighted by Gasteiger charge is 2.61. The molecule has 0 aliphatic carbocycles. The van der Waals surface area contributed by atoms with Crippen LogP contribution < -0.4 is 10.2 Å². The van der Waals surface area contributed by atoms with Crippen molar-refractivity contribution in [2.24, 2.45) is 0 Å². The minimum absolute atomic E-state index is 0.0000550. The molecular weight excluding hydrogens is 432 g/mol. The fourth-order valence-electron chi connectivity index (χ4n) is 4.41. The van der Waals surface area contributed by atoms with Gasteiger partial charge < -0.3 is 9.64 Å². The van der Waals surface area contributed by atoms with Crippen molar-refractivity contribution in [2.45, 2.75) is 51.7 Å². The molecule has 1 N–H and O–H groups in total. The highest BCUT2D eigenvalue weighted by molar-refractivity contribution is 7.14. The number of nitrogens with one attached hydrogen (secondary N) is 1. The Labute approximate surface area is 189 Å². The summed E-state index contributed by atoms with van der Waals surface area (Å²) in [5.74, 6) is -1.41. The highest BCUT2D eigenvalue weighted by Crippen LogP contribution is 2.45. The maximum atomic E-state index is 13.7. The Morgan fingerprint density at radius 1 is 1.28 bits per heavy atom. The lowest BCUT2D eigenvalue weighted by Gasteiger charge is -2.50. The third-order valence-electron chi connectivity index (χ3n) is 5.58. The molecule has 4 rings (SSSR count). The fourth-order valence-corrected chi connectivity index (χ4v) is 5.11. The smallest absolute Gasteiger partial charge is 0.311 e.